The van der Waals surface area contributed by atoms with Gasteiger partial charge in [-0.2, -0.15) is 0 Å². The third kappa shape index (κ3) is 4.51. The molecule has 0 spiro atoms. The van der Waals surface area contributed by atoms with E-state index < -0.39 is 0 Å². The first-order valence-electron chi connectivity index (χ1n) is 9.36. The molecule has 0 bridgehead atoms. The average Bonchev–Trinajstić information content (AvgIpc) is 3.20. The van der Waals surface area contributed by atoms with Gasteiger partial charge in [-0.15, -0.1) is 0 Å². The van der Waals surface area contributed by atoms with E-state index in [2.05, 4.69) is 9.97 Å². The van der Waals surface area contributed by atoms with Crippen molar-refractivity contribution in [3.05, 3.63) is 58.3 Å². The van der Waals surface area contributed by atoms with Crippen molar-refractivity contribution >= 4 is 51.9 Å². The number of halogens is 2. The number of nitrogens with two attached hydrogens (primary N) is 1. The lowest BCUT2D eigenvalue weighted by molar-refractivity contribution is -0.675. The highest BCUT2D eigenvalue weighted by atomic mass is 35.5. The van der Waals surface area contributed by atoms with Crippen LogP contribution in [0, 0.1) is 0 Å². The van der Waals surface area contributed by atoms with Gasteiger partial charge in [0.25, 0.3) is 5.65 Å². The SMILES string of the molecule is COc1ccc(OC)c(Sc2nc3c([nH]2)c(N)nc[n+]3CCc2cccc(Cl)c2Cl)c1. The maximum Gasteiger partial charge on any atom is 0.294 e. The highest BCUT2D eigenvalue weighted by molar-refractivity contribution is 7.99. The van der Waals surface area contributed by atoms with Crippen molar-refractivity contribution in [3.63, 3.8) is 0 Å². The molecular weight excluding hydrogens is 457 g/mol. The summed E-state index contributed by atoms with van der Waals surface area (Å²) in [4.78, 5) is 13.2. The van der Waals surface area contributed by atoms with Crippen molar-refractivity contribution in [3.8, 4) is 11.5 Å². The van der Waals surface area contributed by atoms with Crippen LogP contribution in [-0.4, -0.2) is 29.2 Å². The van der Waals surface area contributed by atoms with Gasteiger partial charge >= 0.3 is 0 Å². The van der Waals surface area contributed by atoms with Crippen LogP contribution in [0.5, 0.6) is 11.5 Å². The summed E-state index contributed by atoms with van der Waals surface area (Å²) in [5.41, 5.74) is 8.43. The molecule has 4 aromatic rings. The van der Waals surface area contributed by atoms with Crippen molar-refractivity contribution in [1.82, 2.24) is 15.0 Å². The van der Waals surface area contributed by atoms with E-state index in [0.717, 1.165) is 22.0 Å². The van der Waals surface area contributed by atoms with Gasteiger partial charge in [-0.25, -0.2) is 4.57 Å². The van der Waals surface area contributed by atoms with Crippen LogP contribution in [0.4, 0.5) is 5.82 Å². The van der Waals surface area contributed by atoms with Gasteiger partial charge in [0.05, 0.1) is 35.7 Å². The van der Waals surface area contributed by atoms with E-state index in [1.165, 1.54) is 11.8 Å². The average molecular weight is 477 g/mol. The first kappa shape index (κ1) is 21.5. The van der Waals surface area contributed by atoms with Gasteiger partial charge in [-0.05, 0) is 41.6 Å². The molecule has 2 aromatic heterocycles. The Morgan fingerprint density at radius 1 is 1.16 bits per heavy atom. The molecule has 31 heavy (non-hydrogen) atoms. The Kier molecular flexibility index (Phi) is 6.41. The van der Waals surface area contributed by atoms with E-state index >= 15 is 0 Å². The number of fused-ring (bicyclic) bond motifs is 1. The Morgan fingerprint density at radius 2 is 2.00 bits per heavy atom. The van der Waals surface area contributed by atoms with Crippen LogP contribution >= 0.6 is 35.0 Å². The predicted molar refractivity (Wildman–Crippen MR) is 122 cm³/mol. The number of aromatic nitrogens is 4. The molecule has 3 N–H and O–H groups in total. The van der Waals surface area contributed by atoms with E-state index in [-0.39, 0.29) is 0 Å². The number of rotatable bonds is 7. The minimum absolute atomic E-state index is 0.379. The van der Waals surface area contributed by atoms with Crippen LogP contribution in [-0.2, 0) is 13.0 Å². The molecule has 0 amide bonds. The molecule has 2 aromatic carbocycles. The number of ether oxygens (including phenoxy) is 2. The first-order chi connectivity index (χ1) is 15.0. The molecule has 0 atom stereocenters. The number of nitrogens with zero attached hydrogens (tertiary/aromatic N) is 3. The number of aromatic amines is 1. The lowest BCUT2D eigenvalue weighted by Gasteiger charge is -2.07. The van der Waals surface area contributed by atoms with Crippen molar-refractivity contribution in [2.24, 2.45) is 0 Å². The summed E-state index contributed by atoms with van der Waals surface area (Å²) in [6.45, 7) is 0.612. The van der Waals surface area contributed by atoms with Gasteiger partial charge in [-0.3, -0.25) is 0 Å². The summed E-state index contributed by atoms with van der Waals surface area (Å²) in [5, 5.41) is 1.76. The molecule has 4 rings (SSSR count). The highest BCUT2D eigenvalue weighted by Crippen LogP contribution is 2.37. The van der Waals surface area contributed by atoms with Crippen LogP contribution in [0.3, 0.4) is 0 Å². The normalized spacial score (nSPS) is 11.1. The summed E-state index contributed by atoms with van der Waals surface area (Å²) in [5.74, 6) is 1.83. The Bertz CT molecular complexity index is 1250. The van der Waals surface area contributed by atoms with Crippen molar-refractivity contribution < 1.29 is 14.0 Å². The van der Waals surface area contributed by atoms with Gasteiger partial charge in [0.15, 0.2) is 5.52 Å². The Balaban J connectivity index is 1.65. The lowest BCUT2D eigenvalue weighted by atomic mass is 10.1. The molecule has 0 unspecified atom stereocenters. The van der Waals surface area contributed by atoms with Gasteiger partial charge < -0.3 is 20.2 Å². The number of H-pyrrole nitrogens is 1. The molecule has 160 valence electrons. The zero-order valence-corrected chi connectivity index (χ0v) is 19.2. The zero-order valence-electron chi connectivity index (χ0n) is 16.9. The molecule has 0 fully saturated rings. The molecule has 0 saturated carbocycles. The number of anilines is 1. The second-order valence-electron chi connectivity index (χ2n) is 6.65. The van der Waals surface area contributed by atoms with Crippen molar-refractivity contribution in [2.45, 2.75) is 23.0 Å². The fourth-order valence-electron chi connectivity index (χ4n) is 3.14. The number of aryl methyl sites for hydroxylation is 2. The van der Waals surface area contributed by atoms with Crippen LogP contribution in [0.25, 0.3) is 11.2 Å². The van der Waals surface area contributed by atoms with Gasteiger partial charge in [-0.1, -0.05) is 45.3 Å². The largest absolute Gasteiger partial charge is 0.497 e. The van der Waals surface area contributed by atoms with Crippen LogP contribution in [0.15, 0.2) is 52.8 Å². The van der Waals surface area contributed by atoms with Crippen molar-refractivity contribution in [2.75, 3.05) is 20.0 Å². The van der Waals surface area contributed by atoms with E-state index in [0.29, 0.717) is 45.1 Å². The van der Waals surface area contributed by atoms with E-state index in [4.69, 9.17) is 43.4 Å². The number of benzene rings is 2. The quantitative estimate of drug-likeness (QED) is 0.380. The Morgan fingerprint density at radius 3 is 2.77 bits per heavy atom. The molecule has 7 nitrogen and oxygen atoms in total. The summed E-state index contributed by atoms with van der Waals surface area (Å²) >= 11 is 13.9. The van der Waals surface area contributed by atoms with E-state index in [1.807, 2.05) is 34.9 Å². The fourth-order valence-corrected chi connectivity index (χ4v) is 4.48. The number of nitrogens with one attached hydrogen (secondary N) is 1. The van der Waals surface area contributed by atoms with E-state index in [1.54, 1.807) is 26.6 Å². The zero-order chi connectivity index (χ0) is 22.0. The maximum absolute atomic E-state index is 6.33. The summed E-state index contributed by atoms with van der Waals surface area (Å²) in [6, 6.07) is 11.2. The Labute approximate surface area is 193 Å². The van der Waals surface area contributed by atoms with E-state index in [9.17, 15) is 0 Å². The molecule has 0 aliphatic carbocycles. The number of hydrogen-bond donors (Lipinski definition) is 2. The highest BCUT2D eigenvalue weighted by Gasteiger charge is 2.20. The topological polar surface area (TPSA) is 89.9 Å². The number of imidazole rings is 1. The predicted octanol–water partition coefficient (Wildman–Crippen LogP) is 4.55. The molecular formula is C21H20Cl2N5O2S+. The van der Waals surface area contributed by atoms with Crippen LogP contribution < -0.4 is 19.8 Å². The molecule has 0 radical (unpaired) electrons. The first-order valence-corrected chi connectivity index (χ1v) is 10.9. The minimum Gasteiger partial charge on any atom is -0.497 e. The molecule has 10 heteroatoms. The number of hydrogen-bond acceptors (Lipinski definition) is 6. The molecule has 0 aliphatic rings. The monoisotopic (exact) mass is 476 g/mol. The molecule has 0 saturated heterocycles. The lowest BCUT2D eigenvalue weighted by Crippen LogP contribution is -2.36. The second kappa shape index (κ2) is 9.21. The van der Waals surface area contributed by atoms with Crippen molar-refractivity contribution in [1.29, 1.82) is 0 Å². The third-order valence-corrected chi connectivity index (χ3v) is 6.54. The second-order valence-corrected chi connectivity index (χ2v) is 8.46. The molecule has 0 aliphatic heterocycles. The summed E-state index contributed by atoms with van der Waals surface area (Å²) in [7, 11) is 3.25. The van der Waals surface area contributed by atoms with Gasteiger partial charge in [0.1, 0.15) is 11.5 Å². The smallest absolute Gasteiger partial charge is 0.294 e. The van der Waals surface area contributed by atoms with Crippen LogP contribution in [0.1, 0.15) is 5.56 Å². The van der Waals surface area contributed by atoms with Gasteiger partial charge in [0.2, 0.25) is 17.3 Å². The summed E-state index contributed by atoms with van der Waals surface area (Å²) < 4.78 is 12.7. The fraction of sp³-hybridized carbons (Fsp3) is 0.190. The molecule has 2 heterocycles. The number of methoxy groups -OCH3 is 2. The minimum atomic E-state index is 0.379. The van der Waals surface area contributed by atoms with Gasteiger partial charge in [0, 0.05) is 6.42 Å². The Hall–Kier alpha value is -2.68. The standard InChI is InChI=1S/C21H19Cl2N5O2S/c1-29-13-6-7-15(30-2)16(10-13)31-21-26-18-19(24)25-11-28(20(18)27-21)9-8-12-4-3-5-14(22)17(12)23/h3-7,10-11H,8-9H2,1-2H3,(H2,24,26,27)/p+1. The maximum atomic E-state index is 6.33. The third-order valence-electron chi connectivity index (χ3n) is 4.76. The summed E-state index contributed by atoms with van der Waals surface area (Å²) in [6.07, 6.45) is 2.35. The van der Waals surface area contributed by atoms with Crippen LogP contribution in [0.2, 0.25) is 10.0 Å². The number of nitrogen functional groups attached to an aromatic ring is 1.